The molecular weight excluding hydrogens is 335 g/mol. The molecule has 0 aromatic heterocycles. The van der Waals surface area contributed by atoms with Crippen molar-refractivity contribution in [3.63, 3.8) is 0 Å². The third-order valence-corrected chi connectivity index (χ3v) is 5.60. The van der Waals surface area contributed by atoms with E-state index in [2.05, 4.69) is 15.9 Å². The van der Waals surface area contributed by atoms with Gasteiger partial charge in [-0.3, -0.25) is 0 Å². The Balaban J connectivity index is 3.29. The molecule has 0 spiro atoms. The van der Waals surface area contributed by atoms with Crippen LogP contribution < -0.4 is 0 Å². The third kappa shape index (κ3) is 3.32. The molecule has 1 atom stereocenters. The van der Waals surface area contributed by atoms with Crippen molar-refractivity contribution in [1.82, 2.24) is 4.31 Å². The van der Waals surface area contributed by atoms with Crippen LogP contribution in [0.3, 0.4) is 0 Å². The fraction of sp³-hybridized carbons (Fsp3) is 0.417. The fourth-order valence-electron chi connectivity index (χ4n) is 1.56. The minimum atomic E-state index is -3.74. The Kier molecular flexibility index (Phi) is 5.07. The van der Waals surface area contributed by atoms with Crippen molar-refractivity contribution in [2.45, 2.75) is 31.2 Å². The van der Waals surface area contributed by atoms with Crippen molar-refractivity contribution in [3.05, 3.63) is 28.0 Å². The van der Waals surface area contributed by atoms with Gasteiger partial charge in [0, 0.05) is 13.1 Å². The number of nitrogens with zero attached hydrogens (tertiary/aromatic N) is 2. The van der Waals surface area contributed by atoms with Gasteiger partial charge in [-0.1, -0.05) is 0 Å². The quantitative estimate of drug-likeness (QED) is 0.840. The number of halogens is 2. The molecule has 0 heterocycles. The first kappa shape index (κ1) is 16.1. The number of nitriles is 1. The average Bonchev–Trinajstić information content (AvgIpc) is 2.32. The van der Waals surface area contributed by atoms with Crippen molar-refractivity contribution in [2.24, 2.45) is 0 Å². The highest BCUT2D eigenvalue weighted by Gasteiger charge is 2.27. The summed E-state index contributed by atoms with van der Waals surface area (Å²) in [5.74, 6) is -0.510. The highest BCUT2D eigenvalue weighted by atomic mass is 79.9. The van der Waals surface area contributed by atoms with Crippen LogP contribution >= 0.6 is 15.9 Å². The maximum absolute atomic E-state index is 13.3. The fourth-order valence-corrected chi connectivity index (χ4v) is 3.64. The molecule has 1 aromatic rings. The molecule has 4 nitrogen and oxygen atoms in total. The molecule has 0 saturated carbocycles. The van der Waals surface area contributed by atoms with Gasteiger partial charge in [0.05, 0.1) is 21.9 Å². The van der Waals surface area contributed by atoms with E-state index >= 15 is 0 Å². The Morgan fingerprint density at radius 2 is 2.11 bits per heavy atom. The van der Waals surface area contributed by atoms with Crippen LogP contribution in [0.2, 0.25) is 0 Å². The zero-order valence-corrected chi connectivity index (χ0v) is 13.2. The first-order valence-corrected chi connectivity index (χ1v) is 7.75. The van der Waals surface area contributed by atoms with Crippen molar-refractivity contribution in [1.29, 1.82) is 5.26 Å². The second kappa shape index (κ2) is 5.99. The number of hydrogen-bond donors (Lipinski definition) is 0. The van der Waals surface area contributed by atoms with E-state index in [9.17, 15) is 12.8 Å². The van der Waals surface area contributed by atoms with Crippen LogP contribution in [-0.4, -0.2) is 25.8 Å². The number of rotatable bonds is 4. The van der Waals surface area contributed by atoms with Crippen molar-refractivity contribution in [2.75, 3.05) is 7.05 Å². The second-order valence-corrected chi connectivity index (χ2v) is 7.08. The molecular formula is C12H14BrFN2O2S. The molecule has 0 fully saturated rings. The van der Waals surface area contributed by atoms with Gasteiger partial charge in [0.15, 0.2) is 0 Å². The Labute approximate surface area is 121 Å². The van der Waals surface area contributed by atoms with Crippen molar-refractivity contribution < 1.29 is 12.8 Å². The van der Waals surface area contributed by atoms with Gasteiger partial charge in [-0.05, 0) is 47.5 Å². The van der Waals surface area contributed by atoms with E-state index < -0.39 is 21.9 Å². The molecule has 104 valence electrons. The number of hydrogen-bond acceptors (Lipinski definition) is 3. The molecule has 0 aliphatic carbocycles. The Hall–Kier alpha value is -0.970. The van der Waals surface area contributed by atoms with Crippen LogP contribution in [0.15, 0.2) is 21.5 Å². The lowest BCUT2D eigenvalue weighted by Crippen LogP contribution is -2.35. The highest BCUT2D eigenvalue weighted by Crippen LogP contribution is 2.27. The molecule has 0 bridgehead atoms. The molecule has 1 rings (SSSR count). The summed E-state index contributed by atoms with van der Waals surface area (Å²) in [4.78, 5) is 0.0352. The highest BCUT2D eigenvalue weighted by molar-refractivity contribution is 9.10. The first-order valence-electron chi connectivity index (χ1n) is 5.52. The predicted molar refractivity (Wildman–Crippen MR) is 73.5 cm³/mol. The lowest BCUT2D eigenvalue weighted by Gasteiger charge is -2.23. The van der Waals surface area contributed by atoms with Gasteiger partial charge in [0.1, 0.15) is 5.82 Å². The van der Waals surface area contributed by atoms with E-state index in [1.165, 1.54) is 26.1 Å². The molecule has 1 unspecified atom stereocenters. The van der Waals surface area contributed by atoms with Crippen LogP contribution in [0, 0.1) is 24.1 Å². The lowest BCUT2D eigenvalue weighted by atomic mass is 10.2. The Morgan fingerprint density at radius 3 is 2.63 bits per heavy atom. The Morgan fingerprint density at radius 1 is 1.53 bits per heavy atom. The molecule has 0 aliphatic heterocycles. The van der Waals surface area contributed by atoms with Gasteiger partial charge in [0.2, 0.25) is 10.0 Å². The van der Waals surface area contributed by atoms with E-state index in [1.54, 1.807) is 6.92 Å². The summed E-state index contributed by atoms with van der Waals surface area (Å²) in [7, 11) is -2.33. The van der Waals surface area contributed by atoms with Crippen molar-refractivity contribution in [3.8, 4) is 6.07 Å². The van der Waals surface area contributed by atoms with E-state index in [-0.39, 0.29) is 15.8 Å². The summed E-state index contributed by atoms with van der Waals surface area (Å²) in [5, 5.41) is 8.63. The van der Waals surface area contributed by atoms with Crippen LogP contribution in [0.4, 0.5) is 4.39 Å². The van der Waals surface area contributed by atoms with Crippen LogP contribution in [-0.2, 0) is 10.0 Å². The molecule has 0 saturated heterocycles. The molecule has 1 aromatic carbocycles. The summed E-state index contributed by atoms with van der Waals surface area (Å²) in [5.41, 5.74) is 0.330. The zero-order chi connectivity index (χ0) is 14.8. The normalized spacial score (nSPS) is 13.3. The third-order valence-electron chi connectivity index (χ3n) is 2.88. The second-order valence-electron chi connectivity index (χ2n) is 4.26. The lowest BCUT2D eigenvalue weighted by molar-refractivity contribution is 0.393. The molecule has 0 N–H and O–H groups in total. The van der Waals surface area contributed by atoms with Gasteiger partial charge >= 0.3 is 0 Å². The summed E-state index contributed by atoms with van der Waals surface area (Å²) in [6.07, 6.45) is 0.0944. The van der Waals surface area contributed by atoms with Gasteiger partial charge in [-0.25, -0.2) is 12.8 Å². The van der Waals surface area contributed by atoms with Crippen LogP contribution in [0.1, 0.15) is 18.9 Å². The molecule has 7 heteroatoms. The average molecular weight is 349 g/mol. The van der Waals surface area contributed by atoms with E-state index in [0.29, 0.717) is 5.56 Å². The Bertz CT molecular complexity index is 625. The van der Waals surface area contributed by atoms with E-state index in [4.69, 9.17) is 5.26 Å². The van der Waals surface area contributed by atoms with Gasteiger partial charge < -0.3 is 0 Å². The van der Waals surface area contributed by atoms with Gasteiger partial charge in [-0.2, -0.15) is 9.57 Å². The zero-order valence-electron chi connectivity index (χ0n) is 10.8. The smallest absolute Gasteiger partial charge is 0.207 e. The van der Waals surface area contributed by atoms with Gasteiger partial charge in [-0.15, -0.1) is 0 Å². The van der Waals surface area contributed by atoms with E-state index in [0.717, 1.165) is 4.31 Å². The molecule has 0 aliphatic rings. The summed E-state index contributed by atoms with van der Waals surface area (Å²) >= 11 is 2.98. The minimum absolute atomic E-state index is 0.0352. The van der Waals surface area contributed by atoms with Crippen molar-refractivity contribution >= 4 is 26.0 Å². The summed E-state index contributed by atoms with van der Waals surface area (Å²) in [6, 6.07) is 3.90. The maximum Gasteiger partial charge on any atom is 0.243 e. The topological polar surface area (TPSA) is 61.2 Å². The summed E-state index contributed by atoms with van der Waals surface area (Å²) in [6.45, 7) is 3.18. The number of aryl methyl sites for hydroxylation is 1. The van der Waals surface area contributed by atoms with Crippen LogP contribution in [0.25, 0.3) is 0 Å². The van der Waals surface area contributed by atoms with Crippen LogP contribution in [0.5, 0.6) is 0 Å². The maximum atomic E-state index is 13.3. The number of sulfonamides is 1. The predicted octanol–water partition coefficient (Wildman–Crippen LogP) is 2.82. The molecule has 0 radical (unpaired) electrons. The standard InChI is InChI=1S/C12H14BrFN2O2S/c1-8-6-11(14)10(13)7-12(8)19(17,18)16(3)9(2)4-5-15/h6-7,9H,4H2,1-3H3. The first-order chi connectivity index (χ1) is 8.71. The molecule has 19 heavy (non-hydrogen) atoms. The largest absolute Gasteiger partial charge is 0.243 e. The summed E-state index contributed by atoms with van der Waals surface area (Å²) < 4.78 is 39.4. The van der Waals surface area contributed by atoms with Gasteiger partial charge in [0.25, 0.3) is 0 Å². The monoisotopic (exact) mass is 348 g/mol. The molecule has 0 amide bonds. The SMILES string of the molecule is Cc1cc(F)c(Br)cc1S(=O)(=O)N(C)C(C)CC#N. The van der Waals surface area contributed by atoms with E-state index in [1.807, 2.05) is 6.07 Å². The minimum Gasteiger partial charge on any atom is -0.207 e. The number of benzene rings is 1.